The fraction of sp³-hybridized carbons (Fsp3) is 0.214. The van der Waals surface area contributed by atoms with Crippen LogP contribution in [0.15, 0.2) is 35.4 Å². The Morgan fingerprint density at radius 2 is 2.06 bits per heavy atom. The Balaban J connectivity index is 2.15. The summed E-state index contributed by atoms with van der Waals surface area (Å²) in [5.41, 5.74) is 4.08. The molecule has 1 N–H and O–H groups in total. The van der Waals surface area contributed by atoms with Crippen molar-refractivity contribution in [1.29, 1.82) is 0 Å². The van der Waals surface area contributed by atoms with E-state index in [1.165, 1.54) is 5.56 Å². The Bertz CT molecular complexity index is 416. The van der Waals surface area contributed by atoms with Gasteiger partial charge in [-0.05, 0) is 5.56 Å². The normalized spacial score (nSPS) is 9.19. The van der Waals surface area contributed by atoms with Gasteiger partial charge in [0.25, 0.3) is 0 Å². The molecule has 1 aromatic carbocycles. The molecule has 0 unspecified atom stereocenters. The summed E-state index contributed by atoms with van der Waals surface area (Å²) in [4.78, 5) is 0. The van der Waals surface area contributed by atoms with Crippen molar-refractivity contribution in [2.45, 2.75) is 12.8 Å². The molecule has 0 saturated carbocycles. The first kappa shape index (κ1) is 11.9. The Labute approximate surface area is 96.8 Å². The van der Waals surface area contributed by atoms with Crippen molar-refractivity contribution in [2.24, 2.45) is 5.10 Å². The van der Waals surface area contributed by atoms with E-state index in [4.69, 9.17) is 6.42 Å². The molecule has 0 fully saturated rings. The van der Waals surface area contributed by atoms with Crippen LogP contribution in [-0.4, -0.2) is 12.8 Å². The number of nitrogens with one attached hydrogen (secondary N) is 1. The average molecular weight is 210 g/mol. The molecule has 0 saturated heterocycles. The summed E-state index contributed by atoms with van der Waals surface area (Å²) in [5.74, 6) is 8.14. The van der Waals surface area contributed by atoms with Crippen molar-refractivity contribution in [3.05, 3.63) is 35.9 Å². The van der Waals surface area contributed by atoms with E-state index in [9.17, 15) is 0 Å². The van der Waals surface area contributed by atoms with E-state index >= 15 is 0 Å². The van der Waals surface area contributed by atoms with Crippen LogP contribution in [0, 0.1) is 24.2 Å². The van der Waals surface area contributed by atoms with E-state index in [1.807, 2.05) is 24.4 Å². The lowest BCUT2D eigenvalue weighted by molar-refractivity contribution is 0.840. The summed E-state index contributed by atoms with van der Waals surface area (Å²) in [6, 6.07) is 10.2. The van der Waals surface area contributed by atoms with Crippen molar-refractivity contribution < 1.29 is 0 Å². The van der Waals surface area contributed by atoms with Gasteiger partial charge in [0.2, 0.25) is 0 Å². The van der Waals surface area contributed by atoms with Crippen LogP contribution >= 0.6 is 0 Å². The molecule has 0 atom stereocenters. The molecule has 0 heterocycles. The highest BCUT2D eigenvalue weighted by molar-refractivity contribution is 5.60. The summed E-state index contributed by atoms with van der Waals surface area (Å²) in [6.45, 7) is 0.535. The van der Waals surface area contributed by atoms with Crippen LogP contribution in [-0.2, 0) is 6.42 Å². The number of rotatable bonds is 4. The molecule has 0 aromatic heterocycles. The van der Waals surface area contributed by atoms with Gasteiger partial charge < -0.3 is 0 Å². The van der Waals surface area contributed by atoms with Gasteiger partial charge in [-0.1, -0.05) is 48.1 Å². The molecule has 0 aliphatic rings. The minimum atomic E-state index is 0.495. The van der Waals surface area contributed by atoms with E-state index in [0.29, 0.717) is 13.0 Å². The summed E-state index contributed by atoms with van der Waals surface area (Å²) >= 11 is 0. The molecule has 16 heavy (non-hydrogen) atoms. The summed E-state index contributed by atoms with van der Waals surface area (Å²) < 4.78 is 0. The third-order valence-corrected chi connectivity index (χ3v) is 1.84. The van der Waals surface area contributed by atoms with Crippen LogP contribution in [0.5, 0.6) is 0 Å². The molecule has 0 spiro atoms. The minimum Gasteiger partial charge on any atom is -0.298 e. The van der Waals surface area contributed by atoms with Crippen molar-refractivity contribution in [3.63, 3.8) is 0 Å². The number of hydrogen-bond acceptors (Lipinski definition) is 2. The molecular formula is C14H14N2. The Kier molecular flexibility index (Phi) is 6.05. The van der Waals surface area contributed by atoms with Gasteiger partial charge in [0, 0.05) is 12.6 Å². The third kappa shape index (κ3) is 5.52. The average Bonchev–Trinajstić information content (AvgIpc) is 2.34. The van der Waals surface area contributed by atoms with Crippen molar-refractivity contribution in [1.82, 2.24) is 5.43 Å². The van der Waals surface area contributed by atoms with Gasteiger partial charge >= 0.3 is 0 Å². The Morgan fingerprint density at radius 3 is 2.81 bits per heavy atom. The van der Waals surface area contributed by atoms with E-state index in [1.54, 1.807) is 0 Å². The second-order valence-corrected chi connectivity index (χ2v) is 3.07. The Morgan fingerprint density at radius 1 is 1.25 bits per heavy atom. The predicted octanol–water partition coefficient (Wildman–Crippen LogP) is 1.83. The fourth-order valence-electron chi connectivity index (χ4n) is 1.09. The van der Waals surface area contributed by atoms with Crippen molar-refractivity contribution in [3.8, 4) is 24.2 Å². The highest BCUT2D eigenvalue weighted by atomic mass is 15.3. The minimum absolute atomic E-state index is 0.495. The SMILES string of the molecule is C#CCC#CCN/N=C/Cc1ccccc1. The summed E-state index contributed by atoms with van der Waals surface area (Å²) in [6.07, 6.45) is 8.20. The van der Waals surface area contributed by atoms with Gasteiger partial charge in [-0.2, -0.15) is 5.10 Å². The lowest BCUT2D eigenvalue weighted by Crippen LogP contribution is -2.05. The zero-order valence-electron chi connectivity index (χ0n) is 9.11. The van der Waals surface area contributed by atoms with Crippen molar-refractivity contribution >= 4 is 6.21 Å². The van der Waals surface area contributed by atoms with E-state index in [0.717, 1.165) is 6.42 Å². The smallest absolute Gasteiger partial charge is 0.0938 e. The summed E-state index contributed by atoms with van der Waals surface area (Å²) in [7, 11) is 0. The maximum Gasteiger partial charge on any atom is 0.0938 e. The standard InChI is InChI=1S/C14H14N2/c1-2-3-4-8-12-15-16-13-11-14-9-6-5-7-10-14/h1,5-7,9-10,13,15H,3,11-12H2/b16-13+. The number of hydrogen-bond donors (Lipinski definition) is 1. The monoisotopic (exact) mass is 210 g/mol. The first-order chi connectivity index (χ1) is 7.93. The third-order valence-electron chi connectivity index (χ3n) is 1.84. The molecule has 2 heteroatoms. The molecular weight excluding hydrogens is 196 g/mol. The van der Waals surface area contributed by atoms with Crippen LogP contribution < -0.4 is 5.43 Å². The molecule has 1 rings (SSSR count). The zero-order valence-corrected chi connectivity index (χ0v) is 9.11. The van der Waals surface area contributed by atoms with Crippen LogP contribution in [0.1, 0.15) is 12.0 Å². The van der Waals surface area contributed by atoms with E-state index in [2.05, 4.69) is 40.4 Å². The number of benzene rings is 1. The lowest BCUT2D eigenvalue weighted by atomic mass is 10.2. The quantitative estimate of drug-likeness (QED) is 0.349. The maximum atomic E-state index is 5.05. The van der Waals surface area contributed by atoms with Crippen LogP contribution in [0.4, 0.5) is 0 Å². The zero-order chi connectivity index (χ0) is 11.5. The van der Waals surface area contributed by atoms with Crippen LogP contribution in [0.2, 0.25) is 0 Å². The molecule has 80 valence electrons. The Hall–Kier alpha value is -2.19. The maximum absolute atomic E-state index is 5.05. The van der Waals surface area contributed by atoms with Gasteiger partial charge in [0.15, 0.2) is 0 Å². The molecule has 0 aliphatic heterocycles. The topological polar surface area (TPSA) is 24.4 Å². The molecule has 2 nitrogen and oxygen atoms in total. The molecule has 0 amide bonds. The van der Waals surface area contributed by atoms with Crippen molar-refractivity contribution in [2.75, 3.05) is 6.54 Å². The summed E-state index contributed by atoms with van der Waals surface area (Å²) in [5, 5.41) is 4.04. The van der Waals surface area contributed by atoms with Gasteiger partial charge in [-0.15, -0.1) is 6.42 Å². The molecule has 1 aromatic rings. The molecule has 0 radical (unpaired) electrons. The largest absolute Gasteiger partial charge is 0.298 e. The highest BCUT2D eigenvalue weighted by Crippen LogP contribution is 1.96. The number of hydrazone groups is 1. The van der Waals surface area contributed by atoms with Crippen LogP contribution in [0.3, 0.4) is 0 Å². The highest BCUT2D eigenvalue weighted by Gasteiger charge is 1.85. The fourth-order valence-corrected chi connectivity index (χ4v) is 1.09. The van der Waals surface area contributed by atoms with Crippen LogP contribution in [0.25, 0.3) is 0 Å². The lowest BCUT2D eigenvalue weighted by Gasteiger charge is -1.94. The van der Waals surface area contributed by atoms with E-state index < -0.39 is 0 Å². The molecule has 0 aliphatic carbocycles. The predicted molar refractivity (Wildman–Crippen MR) is 67.9 cm³/mol. The first-order valence-corrected chi connectivity index (χ1v) is 5.11. The van der Waals surface area contributed by atoms with Gasteiger partial charge in [0.05, 0.1) is 13.0 Å². The molecule has 0 bridgehead atoms. The van der Waals surface area contributed by atoms with Gasteiger partial charge in [0.1, 0.15) is 0 Å². The number of terminal acetylenes is 1. The second-order valence-electron chi connectivity index (χ2n) is 3.07. The van der Waals surface area contributed by atoms with E-state index in [-0.39, 0.29) is 0 Å². The second kappa shape index (κ2) is 8.15. The van der Waals surface area contributed by atoms with Gasteiger partial charge in [-0.25, -0.2) is 0 Å². The first-order valence-electron chi connectivity index (χ1n) is 5.11. The van der Waals surface area contributed by atoms with Gasteiger partial charge in [-0.3, -0.25) is 5.43 Å². The number of nitrogens with zero attached hydrogens (tertiary/aromatic N) is 1.